The maximum Gasteiger partial charge on any atom is 0.345 e. The summed E-state index contributed by atoms with van der Waals surface area (Å²) in [4.78, 5) is 23.0. The molecule has 0 saturated heterocycles. The van der Waals surface area contributed by atoms with Crippen molar-refractivity contribution in [3.05, 3.63) is 5.53 Å². The van der Waals surface area contributed by atoms with E-state index in [4.69, 9.17) is 11.3 Å². The number of amides is 2. The van der Waals surface area contributed by atoms with Gasteiger partial charge in [-0.25, -0.2) is 0 Å². The van der Waals surface area contributed by atoms with Crippen molar-refractivity contribution in [2.45, 2.75) is 0 Å². The van der Waals surface area contributed by atoms with Crippen molar-refractivity contribution in [1.82, 2.24) is 5.32 Å². The summed E-state index contributed by atoms with van der Waals surface area (Å²) in [6.07, 6.45) is 0.563. The number of imide groups is 1. The quantitative estimate of drug-likeness (QED) is 0.261. The highest BCUT2D eigenvalue weighted by molar-refractivity contribution is 6.27. The van der Waals surface area contributed by atoms with Crippen LogP contribution in [-0.2, 0) is 9.59 Å². The standard InChI is InChI=1S/C4H6N4O2/c5-1-3(9)8-4(10)2-7-6/h2H,1,5H2,(H,8,9,10). The highest BCUT2D eigenvalue weighted by atomic mass is 16.2. The third kappa shape index (κ3) is 3.48. The van der Waals surface area contributed by atoms with Crippen LogP contribution in [-0.4, -0.2) is 29.4 Å². The predicted octanol–water partition coefficient (Wildman–Crippen LogP) is -2.11. The fourth-order valence-corrected chi connectivity index (χ4v) is 0.273. The lowest BCUT2D eigenvalue weighted by molar-refractivity contribution is -0.127. The molecule has 0 unspecified atom stereocenters. The average Bonchev–Trinajstić information content (AvgIpc) is 1.88. The Labute approximate surface area is 56.6 Å². The number of nitrogens with two attached hydrogens (primary N) is 1. The van der Waals surface area contributed by atoms with Crippen molar-refractivity contribution in [2.75, 3.05) is 6.54 Å². The third-order valence-electron chi connectivity index (χ3n) is 0.623. The summed E-state index contributed by atoms with van der Waals surface area (Å²) in [5.74, 6) is -1.41. The molecule has 2 amide bonds. The molecule has 6 heteroatoms. The summed E-state index contributed by atoms with van der Waals surface area (Å²) in [7, 11) is 0. The van der Waals surface area contributed by atoms with Gasteiger partial charge in [0, 0.05) is 0 Å². The molecular formula is C4H6N4O2. The molecule has 3 N–H and O–H groups in total. The molecule has 0 aliphatic rings. The van der Waals surface area contributed by atoms with Crippen LogP contribution in [0.25, 0.3) is 5.53 Å². The van der Waals surface area contributed by atoms with E-state index in [0.717, 1.165) is 0 Å². The topological polar surface area (TPSA) is 109 Å². The maximum atomic E-state index is 10.3. The number of rotatable bonds is 2. The van der Waals surface area contributed by atoms with Gasteiger partial charge in [-0.3, -0.25) is 14.9 Å². The van der Waals surface area contributed by atoms with E-state index in [-0.39, 0.29) is 6.54 Å². The Hall–Kier alpha value is -1.52. The van der Waals surface area contributed by atoms with E-state index >= 15 is 0 Å². The summed E-state index contributed by atoms with van der Waals surface area (Å²) in [5.41, 5.74) is 12.6. The molecule has 6 nitrogen and oxygen atoms in total. The van der Waals surface area contributed by atoms with E-state index < -0.39 is 11.8 Å². The van der Waals surface area contributed by atoms with Crippen LogP contribution in [0.15, 0.2) is 0 Å². The summed E-state index contributed by atoms with van der Waals surface area (Å²) in [6.45, 7) is -0.273. The second-order valence-electron chi connectivity index (χ2n) is 1.36. The minimum absolute atomic E-state index is 0.273. The van der Waals surface area contributed by atoms with Crippen molar-refractivity contribution in [3.8, 4) is 0 Å². The lowest BCUT2D eigenvalue weighted by atomic mass is 10.5. The second-order valence-corrected chi connectivity index (χ2v) is 1.36. The van der Waals surface area contributed by atoms with Crippen LogP contribution in [0.5, 0.6) is 0 Å². The number of carbonyl (C=O) groups is 2. The number of nitrogens with zero attached hydrogens (tertiary/aromatic N) is 2. The summed E-state index contributed by atoms with van der Waals surface area (Å²) in [5, 5.41) is 1.82. The molecule has 0 fully saturated rings. The van der Waals surface area contributed by atoms with E-state index in [0.29, 0.717) is 6.21 Å². The first-order valence-electron chi connectivity index (χ1n) is 2.42. The lowest BCUT2D eigenvalue weighted by Gasteiger charge is -1.91. The van der Waals surface area contributed by atoms with Gasteiger partial charge in [0.2, 0.25) is 5.91 Å². The van der Waals surface area contributed by atoms with Crippen LogP contribution >= 0.6 is 0 Å². The Morgan fingerprint density at radius 3 is 2.70 bits per heavy atom. The fourth-order valence-electron chi connectivity index (χ4n) is 0.273. The van der Waals surface area contributed by atoms with Gasteiger partial charge in [-0.15, -0.1) is 0 Å². The van der Waals surface area contributed by atoms with E-state index in [1.807, 2.05) is 5.32 Å². The molecule has 0 saturated carbocycles. The van der Waals surface area contributed by atoms with Gasteiger partial charge in [-0.05, 0) is 0 Å². The van der Waals surface area contributed by atoms with E-state index in [9.17, 15) is 9.59 Å². The summed E-state index contributed by atoms with van der Waals surface area (Å²) in [6, 6.07) is 0. The van der Waals surface area contributed by atoms with Gasteiger partial charge in [0.05, 0.1) is 6.54 Å². The van der Waals surface area contributed by atoms with Crippen molar-refractivity contribution in [1.29, 1.82) is 0 Å². The van der Waals surface area contributed by atoms with Crippen LogP contribution in [0.4, 0.5) is 0 Å². The van der Waals surface area contributed by atoms with Gasteiger partial charge in [0.1, 0.15) is 0 Å². The van der Waals surface area contributed by atoms with Crippen LogP contribution < -0.4 is 11.1 Å². The minimum Gasteiger partial charge on any atom is -0.361 e. The fraction of sp³-hybridized carbons (Fsp3) is 0.250. The zero-order valence-corrected chi connectivity index (χ0v) is 5.07. The Balaban J connectivity index is 3.79. The van der Waals surface area contributed by atoms with Crippen molar-refractivity contribution in [3.63, 3.8) is 0 Å². The van der Waals surface area contributed by atoms with Crippen LogP contribution in [0.3, 0.4) is 0 Å². The van der Waals surface area contributed by atoms with Crippen molar-refractivity contribution in [2.24, 2.45) is 5.73 Å². The van der Waals surface area contributed by atoms with Gasteiger partial charge in [-0.2, -0.15) is 4.79 Å². The lowest BCUT2D eigenvalue weighted by Crippen LogP contribution is -2.36. The highest BCUT2D eigenvalue weighted by Gasteiger charge is 2.04. The maximum absolute atomic E-state index is 10.3. The molecule has 0 aromatic heterocycles. The van der Waals surface area contributed by atoms with E-state index in [2.05, 4.69) is 4.79 Å². The molecule has 0 aliphatic heterocycles. The summed E-state index contributed by atoms with van der Waals surface area (Å²) < 4.78 is 0. The van der Waals surface area contributed by atoms with Gasteiger partial charge >= 0.3 is 12.1 Å². The monoisotopic (exact) mass is 142 g/mol. The van der Waals surface area contributed by atoms with E-state index in [1.54, 1.807) is 0 Å². The molecule has 0 aromatic carbocycles. The van der Waals surface area contributed by atoms with Gasteiger partial charge < -0.3 is 11.3 Å². The molecule has 54 valence electrons. The minimum atomic E-state index is -0.794. The van der Waals surface area contributed by atoms with Crippen LogP contribution in [0.1, 0.15) is 0 Å². The highest BCUT2D eigenvalue weighted by Crippen LogP contribution is 1.58. The van der Waals surface area contributed by atoms with Crippen LogP contribution in [0, 0.1) is 0 Å². The zero-order chi connectivity index (χ0) is 7.98. The Kier molecular flexibility index (Phi) is 3.70. The Morgan fingerprint density at radius 1 is 1.70 bits per heavy atom. The number of nitrogens with one attached hydrogen (secondary N) is 1. The molecule has 0 atom stereocenters. The molecule has 0 rings (SSSR count). The summed E-state index contributed by atoms with van der Waals surface area (Å²) >= 11 is 0. The molecule has 0 bridgehead atoms. The van der Waals surface area contributed by atoms with Gasteiger partial charge in [0.15, 0.2) is 0 Å². The third-order valence-corrected chi connectivity index (χ3v) is 0.623. The molecule has 0 radical (unpaired) electrons. The normalized spacial score (nSPS) is 7.70. The number of hydrogen-bond acceptors (Lipinski definition) is 3. The van der Waals surface area contributed by atoms with Crippen molar-refractivity contribution < 1.29 is 14.4 Å². The first-order valence-corrected chi connectivity index (χ1v) is 2.42. The van der Waals surface area contributed by atoms with Crippen molar-refractivity contribution >= 4 is 18.0 Å². The van der Waals surface area contributed by atoms with Crippen LogP contribution in [0.2, 0.25) is 0 Å². The average molecular weight is 142 g/mol. The Morgan fingerprint density at radius 2 is 2.30 bits per heavy atom. The van der Waals surface area contributed by atoms with Gasteiger partial charge in [-0.1, -0.05) is 0 Å². The smallest absolute Gasteiger partial charge is 0.345 e. The molecule has 0 aromatic rings. The molecule has 0 aliphatic carbocycles. The molecular weight excluding hydrogens is 136 g/mol. The number of carbonyl (C=O) groups excluding carboxylic acids is 2. The second kappa shape index (κ2) is 4.37. The first kappa shape index (κ1) is 8.48. The predicted molar refractivity (Wildman–Crippen MR) is 31.9 cm³/mol. The van der Waals surface area contributed by atoms with E-state index in [1.165, 1.54) is 0 Å². The zero-order valence-electron chi connectivity index (χ0n) is 5.07. The number of hydrogen-bond donors (Lipinski definition) is 2. The van der Waals surface area contributed by atoms with Gasteiger partial charge in [0.25, 0.3) is 0 Å². The largest absolute Gasteiger partial charge is 0.361 e. The first-order chi connectivity index (χ1) is 4.70. The molecule has 0 spiro atoms. The SMILES string of the molecule is [N-]=[N+]=CC(=O)NC(=O)CN. The molecule has 10 heavy (non-hydrogen) atoms. The Bertz CT molecular complexity index is 193. The molecule has 0 heterocycles.